The summed E-state index contributed by atoms with van der Waals surface area (Å²) in [6.07, 6.45) is 8.72. The molecular formula is C13H15N5O. The molecule has 1 amide bonds. The first-order valence-corrected chi connectivity index (χ1v) is 6.24. The van der Waals surface area contributed by atoms with Crippen molar-refractivity contribution in [1.82, 2.24) is 15.3 Å². The molecule has 0 radical (unpaired) electrons. The number of hydrogen-bond donors (Lipinski definition) is 2. The zero-order chi connectivity index (χ0) is 13.5. The minimum absolute atomic E-state index is 0.0272. The lowest BCUT2D eigenvalue weighted by atomic mass is 10.2. The van der Waals surface area contributed by atoms with Gasteiger partial charge >= 0.3 is 0 Å². The summed E-state index contributed by atoms with van der Waals surface area (Å²) < 4.78 is 0. The molecule has 0 aliphatic heterocycles. The van der Waals surface area contributed by atoms with Gasteiger partial charge in [-0.3, -0.25) is 4.79 Å². The van der Waals surface area contributed by atoms with Crippen LogP contribution in [0.4, 0.5) is 5.95 Å². The van der Waals surface area contributed by atoms with Crippen molar-refractivity contribution in [3.8, 4) is 6.07 Å². The number of carbonyl (C=O) groups is 1. The van der Waals surface area contributed by atoms with Crippen LogP contribution in [-0.4, -0.2) is 21.9 Å². The third-order valence-corrected chi connectivity index (χ3v) is 2.97. The number of carbonyl (C=O) groups excluding carboxylic acids is 1. The molecule has 2 rings (SSSR count). The Morgan fingerprint density at radius 2 is 2.05 bits per heavy atom. The first-order chi connectivity index (χ1) is 9.29. The molecule has 1 aliphatic rings. The number of nitrogens with one attached hydrogen (secondary N) is 2. The number of anilines is 1. The number of rotatable bonds is 4. The van der Waals surface area contributed by atoms with Crippen molar-refractivity contribution in [3.63, 3.8) is 0 Å². The van der Waals surface area contributed by atoms with Gasteiger partial charge in [0.15, 0.2) is 0 Å². The van der Waals surface area contributed by atoms with Gasteiger partial charge in [0, 0.05) is 24.6 Å². The molecule has 1 aromatic rings. The first-order valence-electron chi connectivity index (χ1n) is 6.24. The highest BCUT2D eigenvalue weighted by Gasteiger charge is 2.19. The van der Waals surface area contributed by atoms with Crippen molar-refractivity contribution in [1.29, 1.82) is 5.26 Å². The summed E-state index contributed by atoms with van der Waals surface area (Å²) in [7, 11) is 0. The lowest BCUT2D eigenvalue weighted by Crippen LogP contribution is -2.33. The molecule has 0 bridgehead atoms. The molecule has 0 spiro atoms. The van der Waals surface area contributed by atoms with Gasteiger partial charge < -0.3 is 10.6 Å². The predicted octanol–water partition coefficient (Wildman–Crippen LogP) is 1.35. The van der Waals surface area contributed by atoms with Gasteiger partial charge in [-0.05, 0) is 18.9 Å². The van der Waals surface area contributed by atoms with Crippen molar-refractivity contribution < 1.29 is 4.79 Å². The number of nitrogens with zero attached hydrogens (tertiary/aromatic N) is 3. The molecule has 0 unspecified atom stereocenters. The molecule has 1 fully saturated rings. The quantitative estimate of drug-likeness (QED) is 0.627. The molecule has 1 aliphatic carbocycles. The zero-order valence-corrected chi connectivity index (χ0v) is 10.5. The average molecular weight is 257 g/mol. The summed E-state index contributed by atoms with van der Waals surface area (Å²) in [4.78, 5) is 19.7. The van der Waals surface area contributed by atoms with Crippen LogP contribution < -0.4 is 10.6 Å². The fourth-order valence-corrected chi connectivity index (χ4v) is 1.99. The van der Waals surface area contributed by atoms with Gasteiger partial charge in [0.1, 0.15) is 11.6 Å². The summed E-state index contributed by atoms with van der Waals surface area (Å²) in [5, 5.41) is 14.6. The SMILES string of the molecule is N#C/C(=C/Nc1ncccn1)C(=O)NC1CCCC1. The van der Waals surface area contributed by atoms with E-state index in [2.05, 4.69) is 20.6 Å². The van der Waals surface area contributed by atoms with E-state index in [1.54, 1.807) is 18.5 Å². The maximum absolute atomic E-state index is 11.9. The van der Waals surface area contributed by atoms with E-state index >= 15 is 0 Å². The second kappa shape index (κ2) is 6.50. The van der Waals surface area contributed by atoms with Gasteiger partial charge in [0.2, 0.25) is 5.95 Å². The number of aromatic nitrogens is 2. The minimum atomic E-state index is -0.349. The van der Waals surface area contributed by atoms with E-state index in [9.17, 15) is 4.79 Å². The monoisotopic (exact) mass is 257 g/mol. The van der Waals surface area contributed by atoms with Crippen molar-refractivity contribution in [3.05, 3.63) is 30.2 Å². The molecule has 6 heteroatoms. The van der Waals surface area contributed by atoms with Crippen LogP contribution in [0.3, 0.4) is 0 Å². The minimum Gasteiger partial charge on any atom is -0.349 e. The maximum atomic E-state index is 11.9. The third-order valence-electron chi connectivity index (χ3n) is 2.97. The number of nitriles is 1. The van der Waals surface area contributed by atoms with Crippen LogP contribution in [0.1, 0.15) is 25.7 Å². The van der Waals surface area contributed by atoms with Crippen LogP contribution in [0, 0.1) is 11.3 Å². The van der Waals surface area contributed by atoms with E-state index in [1.165, 1.54) is 6.20 Å². The number of amides is 1. The largest absolute Gasteiger partial charge is 0.349 e. The van der Waals surface area contributed by atoms with Crippen LogP contribution >= 0.6 is 0 Å². The molecule has 0 atom stereocenters. The van der Waals surface area contributed by atoms with Gasteiger partial charge in [-0.1, -0.05) is 12.8 Å². The second-order valence-corrected chi connectivity index (χ2v) is 4.34. The van der Waals surface area contributed by atoms with Gasteiger partial charge in [0.05, 0.1) is 0 Å². The van der Waals surface area contributed by atoms with E-state index in [-0.39, 0.29) is 17.5 Å². The van der Waals surface area contributed by atoms with Crippen molar-refractivity contribution in [2.45, 2.75) is 31.7 Å². The van der Waals surface area contributed by atoms with Crippen LogP contribution in [0.25, 0.3) is 0 Å². The highest BCUT2D eigenvalue weighted by molar-refractivity contribution is 5.97. The van der Waals surface area contributed by atoms with Gasteiger partial charge in [0.25, 0.3) is 5.91 Å². The Hall–Kier alpha value is -2.42. The van der Waals surface area contributed by atoms with Crippen molar-refractivity contribution in [2.24, 2.45) is 0 Å². The summed E-state index contributed by atoms with van der Waals surface area (Å²) >= 11 is 0. The van der Waals surface area contributed by atoms with Crippen LogP contribution in [0.5, 0.6) is 0 Å². The number of hydrogen-bond acceptors (Lipinski definition) is 5. The molecule has 0 saturated heterocycles. The van der Waals surface area contributed by atoms with E-state index in [4.69, 9.17) is 5.26 Å². The van der Waals surface area contributed by atoms with Crippen molar-refractivity contribution >= 4 is 11.9 Å². The molecule has 1 aromatic heterocycles. The van der Waals surface area contributed by atoms with Crippen molar-refractivity contribution in [2.75, 3.05) is 5.32 Å². The Labute approximate surface area is 111 Å². The highest BCUT2D eigenvalue weighted by Crippen LogP contribution is 2.17. The summed E-state index contributed by atoms with van der Waals surface area (Å²) in [5.74, 6) is 0.00162. The zero-order valence-electron chi connectivity index (χ0n) is 10.5. The van der Waals surface area contributed by atoms with Gasteiger partial charge in [-0.25, -0.2) is 9.97 Å². The molecule has 2 N–H and O–H groups in total. The first kappa shape index (κ1) is 13.0. The topological polar surface area (TPSA) is 90.7 Å². The molecule has 6 nitrogen and oxygen atoms in total. The molecule has 0 aromatic carbocycles. The summed E-state index contributed by atoms with van der Waals surface area (Å²) in [5.41, 5.74) is 0.0272. The van der Waals surface area contributed by atoms with E-state index in [0.717, 1.165) is 25.7 Å². The average Bonchev–Trinajstić information content (AvgIpc) is 2.93. The van der Waals surface area contributed by atoms with Gasteiger partial charge in [-0.2, -0.15) is 5.26 Å². The van der Waals surface area contributed by atoms with E-state index in [1.807, 2.05) is 6.07 Å². The lowest BCUT2D eigenvalue weighted by Gasteiger charge is -2.10. The highest BCUT2D eigenvalue weighted by atomic mass is 16.1. The van der Waals surface area contributed by atoms with E-state index in [0.29, 0.717) is 5.95 Å². The smallest absolute Gasteiger partial charge is 0.263 e. The standard InChI is InChI=1S/C13H15N5O/c14-8-10(9-17-13-15-6-3-7-16-13)12(19)18-11-4-1-2-5-11/h3,6-7,9,11H,1-2,4-5H2,(H,18,19)(H,15,16,17)/b10-9-. The Morgan fingerprint density at radius 3 is 2.68 bits per heavy atom. The fraction of sp³-hybridized carbons (Fsp3) is 0.385. The maximum Gasteiger partial charge on any atom is 0.263 e. The Morgan fingerprint density at radius 1 is 1.37 bits per heavy atom. The molecule has 1 saturated carbocycles. The molecule has 1 heterocycles. The van der Waals surface area contributed by atoms with Crippen LogP contribution in [0.2, 0.25) is 0 Å². The second-order valence-electron chi connectivity index (χ2n) is 4.34. The van der Waals surface area contributed by atoms with Crippen LogP contribution in [-0.2, 0) is 4.79 Å². The normalized spacial score (nSPS) is 15.8. The van der Waals surface area contributed by atoms with E-state index < -0.39 is 0 Å². The summed E-state index contributed by atoms with van der Waals surface area (Å²) in [6, 6.07) is 3.76. The Bertz CT molecular complexity index is 500. The molecule has 98 valence electrons. The lowest BCUT2D eigenvalue weighted by molar-refractivity contribution is -0.117. The fourth-order valence-electron chi connectivity index (χ4n) is 1.99. The van der Waals surface area contributed by atoms with Crippen LogP contribution in [0.15, 0.2) is 30.2 Å². The summed E-state index contributed by atoms with van der Waals surface area (Å²) in [6.45, 7) is 0. The molecular weight excluding hydrogens is 242 g/mol. The van der Waals surface area contributed by atoms with Gasteiger partial charge in [-0.15, -0.1) is 0 Å². The predicted molar refractivity (Wildman–Crippen MR) is 69.7 cm³/mol. The molecule has 19 heavy (non-hydrogen) atoms. The third kappa shape index (κ3) is 3.78. The Kier molecular flexibility index (Phi) is 4.45. The Balaban J connectivity index is 1.95.